The van der Waals surface area contributed by atoms with E-state index in [-0.39, 0.29) is 5.75 Å². The summed E-state index contributed by atoms with van der Waals surface area (Å²) in [6.07, 6.45) is 2.67. The SMILES string of the molecule is O=Cc1cccc(CCc2ccc(O)cc2)c1. The van der Waals surface area contributed by atoms with E-state index in [1.54, 1.807) is 18.2 Å². The van der Waals surface area contributed by atoms with Crippen LogP contribution >= 0.6 is 0 Å². The molecule has 0 saturated heterocycles. The average molecular weight is 226 g/mol. The second-order valence-corrected chi connectivity index (χ2v) is 4.03. The third-order valence-electron chi connectivity index (χ3n) is 2.73. The van der Waals surface area contributed by atoms with Gasteiger partial charge in [0.25, 0.3) is 0 Å². The number of aromatic hydroxyl groups is 1. The molecule has 0 bridgehead atoms. The molecule has 0 spiro atoms. The van der Waals surface area contributed by atoms with Crippen molar-refractivity contribution in [1.29, 1.82) is 0 Å². The molecule has 2 aromatic rings. The fourth-order valence-corrected chi connectivity index (χ4v) is 1.77. The fourth-order valence-electron chi connectivity index (χ4n) is 1.77. The summed E-state index contributed by atoms with van der Waals surface area (Å²) in [6.45, 7) is 0. The van der Waals surface area contributed by atoms with Crippen LogP contribution in [0.4, 0.5) is 0 Å². The Labute approximate surface area is 101 Å². The molecule has 2 heteroatoms. The molecule has 0 atom stereocenters. The van der Waals surface area contributed by atoms with E-state index < -0.39 is 0 Å². The number of benzene rings is 2. The average Bonchev–Trinajstić information content (AvgIpc) is 2.38. The predicted molar refractivity (Wildman–Crippen MR) is 67.3 cm³/mol. The van der Waals surface area contributed by atoms with Crippen molar-refractivity contribution in [2.24, 2.45) is 0 Å². The molecule has 2 aromatic carbocycles. The van der Waals surface area contributed by atoms with Gasteiger partial charge in [-0.15, -0.1) is 0 Å². The highest BCUT2D eigenvalue weighted by Crippen LogP contribution is 2.12. The van der Waals surface area contributed by atoms with E-state index in [1.807, 2.05) is 30.3 Å². The number of hydrogen-bond acceptors (Lipinski definition) is 2. The molecule has 0 aliphatic rings. The molecule has 86 valence electrons. The first-order chi connectivity index (χ1) is 8.28. The summed E-state index contributed by atoms with van der Waals surface area (Å²) < 4.78 is 0. The van der Waals surface area contributed by atoms with Gasteiger partial charge < -0.3 is 5.11 Å². The van der Waals surface area contributed by atoms with Crippen LogP contribution in [0, 0.1) is 0 Å². The van der Waals surface area contributed by atoms with E-state index >= 15 is 0 Å². The van der Waals surface area contributed by atoms with Crippen molar-refractivity contribution < 1.29 is 9.90 Å². The van der Waals surface area contributed by atoms with Crippen LogP contribution in [0.15, 0.2) is 48.5 Å². The third-order valence-corrected chi connectivity index (χ3v) is 2.73. The molecule has 1 N–H and O–H groups in total. The standard InChI is InChI=1S/C15H14O2/c16-11-14-3-1-2-13(10-14)5-4-12-6-8-15(17)9-7-12/h1-3,6-11,17H,4-5H2. The first-order valence-electron chi connectivity index (χ1n) is 5.60. The molecule has 0 heterocycles. The Balaban J connectivity index is 2.01. The van der Waals surface area contributed by atoms with Crippen LogP contribution in [-0.2, 0) is 12.8 Å². The largest absolute Gasteiger partial charge is 0.508 e. The van der Waals surface area contributed by atoms with Crippen molar-refractivity contribution in [3.8, 4) is 5.75 Å². The minimum atomic E-state index is 0.289. The highest BCUT2D eigenvalue weighted by molar-refractivity contribution is 5.74. The molecule has 2 rings (SSSR count). The fraction of sp³-hybridized carbons (Fsp3) is 0.133. The van der Waals surface area contributed by atoms with Crippen molar-refractivity contribution in [1.82, 2.24) is 0 Å². The molecule has 0 aromatic heterocycles. The molecule has 0 amide bonds. The molecule has 2 nitrogen and oxygen atoms in total. The first kappa shape index (κ1) is 11.4. The van der Waals surface area contributed by atoms with Gasteiger partial charge in [0.15, 0.2) is 0 Å². The number of phenols is 1. The van der Waals surface area contributed by atoms with E-state index in [9.17, 15) is 9.90 Å². The predicted octanol–water partition coefficient (Wildman–Crippen LogP) is 2.99. The Kier molecular flexibility index (Phi) is 3.55. The Hall–Kier alpha value is -2.09. The van der Waals surface area contributed by atoms with Crippen LogP contribution in [0.5, 0.6) is 5.75 Å². The summed E-state index contributed by atoms with van der Waals surface area (Å²) in [7, 11) is 0. The van der Waals surface area contributed by atoms with Crippen molar-refractivity contribution in [3.05, 3.63) is 65.2 Å². The zero-order valence-corrected chi connectivity index (χ0v) is 9.47. The van der Waals surface area contributed by atoms with Crippen molar-refractivity contribution >= 4 is 6.29 Å². The van der Waals surface area contributed by atoms with Crippen LogP contribution in [0.2, 0.25) is 0 Å². The van der Waals surface area contributed by atoms with Crippen molar-refractivity contribution in [3.63, 3.8) is 0 Å². The quantitative estimate of drug-likeness (QED) is 0.814. The second-order valence-electron chi connectivity index (χ2n) is 4.03. The van der Waals surface area contributed by atoms with E-state index in [1.165, 1.54) is 5.56 Å². The summed E-state index contributed by atoms with van der Waals surface area (Å²) in [5.74, 6) is 0.289. The van der Waals surface area contributed by atoms with Gasteiger partial charge in [-0.2, -0.15) is 0 Å². The third kappa shape index (κ3) is 3.18. The highest BCUT2D eigenvalue weighted by atomic mass is 16.3. The lowest BCUT2D eigenvalue weighted by Gasteiger charge is -2.03. The van der Waals surface area contributed by atoms with Gasteiger partial charge in [-0.05, 0) is 42.2 Å². The molecule has 0 aliphatic carbocycles. The molecular formula is C15H14O2. The summed E-state index contributed by atoms with van der Waals surface area (Å²) >= 11 is 0. The maximum absolute atomic E-state index is 10.6. The van der Waals surface area contributed by atoms with Gasteiger partial charge in [0.1, 0.15) is 12.0 Å². The number of aryl methyl sites for hydroxylation is 2. The Morgan fingerprint density at radius 2 is 1.65 bits per heavy atom. The van der Waals surface area contributed by atoms with Gasteiger partial charge in [0.2, 0.25) is 0 Å². The number of aldehydes is 1. The lowest BCUT2D eigenvalue weighted by Crippen LogP contribution is -1.92. The molecule has 0 unspecified atom stereocenters. The number of carbonyl (C=O) groups excluding carboxylic acids is 1. The number of carbonyl (C=O) groups is 1. The lowest BCUT2D eigenvalue weighted by molar-refractivity contribution is 0.112. The Morgan fingerprint density at radius 1 is 0.941 bits per heavy atom. The van der Waals surface area contributed by atoms with Crippen molar-refractivity contribution in [2.75, 3.05) is 0 Å². The van der Waals surface area contributed by atoms with E-state index in [2.05, 4.69) is 0 Å². The van der Waals surface area contributed by atoms with Gasteiger partial charge in [0, 0.05) is 5.56 Å². The van der Waals surface area contributed by atoms with Crippen LogP contribution in [0.3, 0.4) is 0 Å². The molecule has 17 heavy (non-hydrogen) atoms. The molecule has 0 saturated carbocycles. The molecule has 0 fully saturated rings. The van der Waals surface area contributed by atoms with E-state index in [0.29, 0.717) is 5.56 Å². The van der Waals surface area contributed by atoms with E-state index in [0.717, 1.165) is 24.7 Å². The highest BCUT2D eigenvalue weighted by Gasteiger charge is 1.97. The summed E-state index contributed by atoms with van der Waals surface area (Å²) in [6, 6.07) is 14.8. The molecule has 0 aliphatic heterocycles. The number of rotatable bonds is 4. The maximum atomic E-state index is 10.6. The zero-order valence-electron chi connectivity index (χ0n) is 9.47. The summed E-state index contributed by atoms with van der Waals surface area (Å²) in [4.78, 5) is 10.6. The molecule has 0 radical (unpaired) electrons. The minimum Gasteiger partial charge on any atom is -0.508 e. The zero-order chi connectivity index (χ0) is 12.1. The van der Waals surface area contributed by atoms with Crippen LogP contribution < -0.4 is 0 Å². The van der Waals surface area contributed by atoms with Gasteiger partial charge >= 0.3 is 0 Å². The molecular weight excluding hydrogens is 212 g/mol. The summed E-state index contributed by atoms with van der Waals surface area (Å²) in [5.41, 5.74) is 3.05. The smallest absolute Gasteiger partial charge is 0.150 e. The minimum absolute atomic E-state index is 0.289. The normalized spacial score (nSPS) is 10.1. The Bertz CT molecular complexity index is 501. The monoisotopic (exact) mass is 226 g/mol. The van der Waals surface area contributed by atoms with Gasteiger partial charge in [0.05, 0.1) is 0 Å². The first-order valence-corrected chi connectivity index (χ1v) is 5.60. The van der Waals surface area contributed by atoms with Crippen LogP contribution in [0.25, 0.3) is 0 Å². The van der Waals surface area contributed by atoms with Crippen LogP contribution in [0.1, 0.15) is 21.5 Å². The Morgan fingerprint density at radius 3 is 2.35 bits per heavy atom. The van der Waals surface area contributed by atoms with Crippen molar-refractivity contribution in [2.45, 2.75) is 12.8 Å². The summed E-state index contributed by atoms with van der Waals surface area (Å²) in [5, 5.41) is 9.17. The van der Waals surface area contributed by atoms with Gasteiger partial charge in [-0.1, -0.05) is 30.3 Å². The second kappa shape index (κ2) is 5.30. The van der Waals surface area contributed by atoms with Crippen LogP contribution in [-0.4, -0.2) is 11.4 Å². The van der Waals surface area contributed by atoms with E-state index in [4.69, 9.17) is 0 Å². The number of phenolic OH excluding ortho intramolecular Hbond substituents is 1. The van der Waals surface area contributed by atoms with Gasteiger partial charge in [-0.3, -0.25) is 4.79 Å². The lowest BCUT2D eigenvalue weighted by atomic mass is 10.0. The van der Waals surface area contributed by atoms with Gasteiger partial charge in [-0.25, -0.2) is 0 Å². The number of hydrogen-bond donors (Lipinski definition) is 1. The topological polar surface area (TPSA) is 37.3 Å². The maximum Gasteiger partial charge on any atom is 0.150 e.